The first kappa shape index (κ1) is 22.4. The summed E-state index contributed by atoms with van der Waals surface area (Å²) in [6.07, 6.45) is 0.104. The van der Waals surface area contributed by atoms with Gasteiger partial charge < -0.3 is 9.47 Å². The van der Waals surface area contributed by atoms with E-state index in [-0.39, 0.29) is 29.2 Å². The number of hydrogen-bond donors (Lipinski definition) is 0. The molecule has 1 aliphatic carbocycles. The molecule has 3 atom stereocenters. The van der Waals surface area contributed by atoms with Crippen LogP contribution >= 0.6 is 0 Å². The molecule has 1 fully saturated rings. The molecule has 0 unspecified atom stereocenters. The maximum Gasteiger partial charge on any atom is 0.330 e. The van der Waals surface area contributed by atoms with Crippen molar-refractivity contribution < 1.29 is 33.2 Å². The van der Waals surface area contributed by atoms with Crippen LogP contribution in [0.15, 0.2) is 72.8 Å². The van der Waals surface area contributed by atoms with Crippen LogP contribution in [0.25, 0.3) is 0 Å². The van der Waals surface area contributed by atoms with Gasteiger partial charge in [-0.25, -0.2) is 4.39 Å². The first-order chi connectivity index (χ1) is 16.8. The van der Waals surface area contributed by atoms with Gasteiger partial charge in [-0.1, -0.05) is 25.1 Å². The molecule has 176 valence electrons. The quantitative estimate of drug-likeness (QED) is 0.128. The smallest absolute Gasteiger partial charge is 0.330 e. The van der Waals surface area contributed by atoms with Crippen molar-refractivity contribution in [3.05, 3.63) is 99.9 Å². The number of halogens is 1. The van der Waals surface area contributed by atoms with Crippen LogP contribution in [-0.2, 0) is 9.59 Å². The molecule has 1 saturated carbocycles. The molecule has 3 aromatic carbocycles. The monoisotopic (exact) mass is 475 g/mol. The zero-order chi connectivity index (χ0) is 25.0. The molecule has 0 aromatic heterocycles. The SMILES string of the molecule is CC[C@]1(C(=O)c2ccc(F)cc2)[C@@H]2c3ccccc3OC(=O)[C@]21C(=O)Oc1ccc([N+](=O)[O-])cc1. The van der Waals surface area contributed by atoms with Gasteiger partial charge >= 0.3 is 11.9 Å². The fourth-order valence-corrected chi connectivity index (χ4v) is 5.34. The average Bonchev–Trinajstić information content (AvgIpc) is 3.51. The molecule has 5 rings (SSSR count). The third-order valence-electron chi connectivity index (χ3n) is 6.95. The molecule has 2 aliphatic rings. The standard InChI is InChI=1S/C26H18FNO7/c1-2-25(22(29)15-7-9-16(27)10-8-15)21-19-5-3-4-6-20(19)35-24(31)26(21,25)23(30)34-18-13-11-17(12-14-18)28(32)33/h3-14,21H,2H2,1H3/t21-,25+,26+/m0/s1. The summed E-state index contributed by atoms with van der Waals surface area (Å²) < 4.78 is 24.5. The van der Waals surface area contributed by atoms with E-state index in [1.54, 1.807) is 31.2 Å². The lowest BCUT2D eigenvalue weighted by molar-refractivity contribution is -0.384. The Morgan fingerprint density at radius 3 is 2.34 bits per heavy atom. The largest absolute Gasteiger partial charge is 0.426 e. The molecule has 0 radical (unpaired) electrons. The van der Waals surface area contributed by atoms with Crippen molar-refractivity contribution in [1.82, 2.24) is 0 Å². The predicted molar refractivity (Wildman–Crippen MR) is 119 cm³/mol. The van der Waals surface area contributed by atoms with Crippen molar-refractivity contribution >= 4 is 23.4 Å². The van der Waals surface area contributed by atoms with Crippen LogP contribution in [0.1, 0.15) is 35.2 Å². The molecule has 35 heavy (non-hydrogen) atoms. The van der Waals surface area contributed by atoms with E-state index in [4.69, 9.17) is 9.47 Å². The van der Waals surface area contributed by atoms with E-state index in [0.717, 1.165) is 24.3 Å². The van der Waals surface area contributed by atoms with Gasteiger partial charge in [-0.05, 0) is 48.9 Å². The highest BCUT2D eigenvalue weighted by molar-refractivity contribution is 6.20. The lowest BCUT2D eigenvalue weighted by Crippen LogP contribution is -2.42. The van der Waals surface area contributed by atoms with E-state index < -0.39 is 45.2 Å². The third kappa shape index (κ3) is 3.01. The van der Waals surface area contributed by atoms with Crippen LogP contribution in [0.3, 0.4) is 0 Å². The van der Waals surface area contributed by atoms with E-state index in [1.807, 2.05) is 0 Å². The third-order valence-corrected chi connectivity index (χ3v) is 6.95. The minimum Gasteiger partial charge on any atom is -0.426 e. The summed E-state index contributed by atoms with van der Waals surface area (Å²) >= 11 is 0. The highest BCUT2D eigenvalue weighted by Crippen LogP contribution is 2.80. The summed E-state index contributed by atoms with van der Waals surface area (Å²) in [5, 5.41) is 10.9. The molecule has 0 N–H and O–H groups in total. The molecule has 0 spiro atoms. The number of nitro groups is 1. The number of non-ortho nitro benzene ring substituents is 1. The van der Waals surface area contributed by atoms with Crippen LogP contribution in [0.4, 0.5) is 10.1 Å². The van der Waals surface area contributed by atoms with Gasteiger partial charge in [0.05, 0.1) is 10.3 Å². The number of hydrogen-bond acceptors (Lipinski definition) is 7. The number of benzene rings is 3. The van der Waals surface area contributed by atoms with Crippen molar-refractivity contribution in [1.29, 1.82) is 0 Å². The molecule has 0 saturated heterocycles. The number of carbonyl (C=O) groups excluding carboxylic acids is 3. The number of fused-ring (bicyclic) bond motifs is 3. The van der Waals surface area contributed by atoms with Crippen LogP contribution in [0, 0.1) is 26.8 Å². The van der Waals surface area contributed by atoms with Crippen molar-refractivity contribution in [3.63, 3.8) is 0 Å². The Labute approximate surface area is 198 Å². The Kier molecular flexibility index (Phi) is 5.01. The Morgan fingerprint density at radius 2 is 1.71 bits per heavy atom. The molecular weight excluding hydrogens is 457 g/mol. The highest BCUT2D eigenvalue weighted by atomic mass is 19.1. The van der Waals surface area contributed by atoms with Crippen molar-refractivity contribution in [2.45, 2.75) is 19.3 Å². The highest BCUT2D eigenvalue weighted by Gasteiger charge is 2.90. The minimum atomic E-state index is -1.97. The maximum atomic E-state index is 13.9. The summed E-state index contributed by atoms with van der Waals surface area (Å²) in [7, 11) is 0. The lowest BCUT2D eigenvalue weighted by atomic mass is 9.83. The van der Waals surface area contributed by atoms with Gasteiger partial charge in [0.2, 0.25) is 0 Å². The van der Waals surface area contributed by atoms with Gasteiger partial charge in [0.25, 0.3) is 5.69 Å². The number of ketones is 1. The molecule has 0 bridgehead atoms. The van der Waals surface area contributed by atoms with Crippen LogP contribution in [0.5, 0.6) is 11.5 Å². The fraction of sp³-hybridized carbons (Fsp3) is 0.192. The lowest BCUT2D eigenvalue weighted by Gasteiger charge is -2.23. The molecule has 9 heteroatoms. The molecule has 3 aromatic rings. The Morgan fingerprint density at radius 1 is 1.06 bits per heavy atom. The first-order valence-electron chi connectivity index (χ1n) is 10.9. The van der Waals surface area contributed by atoms with Gasteiger partial charge in [0.15, 0.2) is 11.2 Å². The van der Waals surface area contributed by atoms with E-state index in [1.165, 1.54) is 24.3 Å². The predicted octanol–water partition coefficient (Wildman–Crippen LogP) is 4.62. The number of Topliss-reactive ketones (excluding diaryl/α,β-unsaturated/α-hetero) is 1. The molecular formula is C26H18FNO7. The second kappa shape index (κ2) is 7.83. The Balaban J connectivity index is 1.62. The van der Waals surface area contributed by atoms with Crippen LogP contribution in [-0.4, -0.2) is 22.6 Å². The summed E-state index contributed by atoms with van der Waals surface area (Å²) in [4.78, 5) is 51.3. The summed E-state index contributed by atoms with van der Waals surface area (Å²) in [6.45, 7) is 1.69. The molecule has 1 aliphatic heterocycles. The zero-order valence-electron chi connectivity index (χ0n) is 18.4. The number of nitrogens with zero attached hydrogens (tertiary/aromatic N) is 1. The summed E-state index contributed by atoms with van der Waals surface area (Å²) in [6, 6.07) is 16.4. The van der Waals surface area contributed by atoms with Gasteiger partial charge in [-0.2, -0.15) is 0 Å². The van der Waals surface area contributed by atoms with Crippen LogP contribution < -0.4 is 9.47 Å². The van der Waals surface area contributed by atoms with Crippen LogP contribution in [0.2, 0.25) is 0 Å². The molecule has 1 heterocycles. The normalized spacial score (nSPS) is 23.9. The van der Waals surface area contributed by atoms with E-state index >= 15 is 0 Å². The summed E-state index contributed by atoms with van der Waals surface area (Å²) in [5.41, 5.74) is -3.02. The van der Waals surface area contributed by atoms with E-state index in [9.17, 15) is 28.9 Å². The Bertz CT molecular complexity index is 1390. The Hall–Kier alpha value is -4.40. The number of rotatable bonds is 6. The fourth-order valence-electron chi connectivity index (χ4n) is 5.34. The number of carbonyl (C=O) groups is 3. The number of para-hydroxylation sites is 1. The van der Waals surface area contributed by atoms with Crippen molar-refractivity contribution in [3.8, 4) is 11.5 Å². The number of ether oxygens (including phenoxy) is 2. The summed E-state index contributed by atoms with van der Waals surface area (Å²) in [5.74, 6) is -3.56. The zero-order valence-corrected chi connectivity index (χ0v) is 18.4. The number of nitro benzene ring substituents is 1. The molecule has 8 nitrogen and oxygen atoms in total. The average molecular weight is 475 g/mol. The molecule has 0 amide bonds. The maximum absolute atomic E-state index is 13.9. The van der Waals surface area contributed by atoms with Gasteiger partial charge in [-0.15, -0.1) is 0 Å². The van der Waals surface area contributed by atoms with Gasteiger partial charge in [0.1, 0.15) is 17.3 Å². The van der Waals surface area contributed by atoms with E-state index in [0.29, 0.717) is 5.56 Å². The van der Waals surface area contributed by atoms with Gasteiger partial charge in [0, 0.05) is 29.2 Å². The topological polar surface area (TPSA) is 113 Å². The van der Waals surface area contributed by atoms with Crippen molar-refractivity contribution in [2.75, 3.05) is 0 Å². The van der Waals surface area contributed by atoms with Gasteiger partial charge in [-0.3, -0.25) is 24.5 Å². The van der Waals surface area contributed by atoms with Crippen molar-refractivity contribution in [2.24, 2.45) is 10.8 Å². The minimum absolute atomic E-state index is 0.0217. The first-order valence-corrected chi connectivity index (χ1v) is 10.9. The van der Waals surface area contributed by atoms with E-state index in [2.05, 4.69) is 0 Å². The number of esters is 2. The second-order valence-electron chi connectivity index (χ2n) is 8.47. The second-order valence-corrected chi connectivity index (χ2v) is 8.47.